The molecule has 98 valence electrons. The zero-order chi connectivity index (χ0) is 12.1. The molecule has 0 bridgehead atoms. The third kappa shape index (κ3) is 4.15. The van der Waals surface area contributed by atoms with Crippen LogP contribution in [0.4, 0.5) is 4.39 Å². The van der Waals surface area contributed by atoms with Gasteiger partial charge in [0.15, 0.2) is 0 Å². The van der Waals surface area contributed by atoms with Crippen molar-refractivity contribution in [2.75, 3.05) is 7.11 Å². The van der Waals surface area contributed by atoms with Crippen molar-refractivity contribution in [3.8, 4) is 5.75 Å². The maximum absolute atomic E-state index is 13.6. The Hall–Kier alpha value is -0.840. The Balaban J connectivity index is 0.00000256. The monoisotopic (exact) mass is 263 g/mol. The van der Waals surface area contributed by atoms with Gasteiger partial charge in [-0.05, 0) is 12.5 Å². The molecule has 2 atom stereocenters. The summed E-state index contributed by atoms with van der Waals surface area (Å²) in [5.74, 6) is 0.000402. The second-order valence-electron chi connectivity index (χ2n) is 3.77. The molecule has 0 radical (unpaired) electrons. The van der Waals surface area contributed by atoms with Crippen molar-refractivity contribution in [1.82, 2.24) is 0 Å². The minimum atomic E-state index is -0.715. The van der Waals surface area contributed by atoms with E-state index in [1.807, 2.05) is 6.92 Å². The van der Waals surface area contributed by atoms with Crippen molar-refractivity contribution in [3.05, 3.63) is 29.6 Å². The van der Waals surface area contributed by atoms with Gasteiger partial charge in [-0.15, -0.1) is 12.4 Å². The van der Waals surface area contributed by atoms with Crippen LogP contribution in [0.1, 0.15) is 31.4 Å². The summed E-state index contributed by atoms with van der Waals surface area (Å²) in [5.41, 5.74) is 6.11. The smallest absolute Gasteiger partial charge is 0.131 e. The first-order valence-corrected chi connectivity index (χ1v) is 5.37. The molecule has 17 heavy (non-hydrogen) atoms. The Labute approximate surface area is 107 Å². The Morgan fingerprint density at radius 3 is 2.59 bits per heavy atom. The van der Waals surface area contributed by atoms with Crippen molar-refractivity contribution in [1.29, 1.82) is 0 Å². The van der Waals surface area contributed by atoms with E-state index in [0.29, 0.717) is 17.7 Å². The highest BCUT2D eigenvalue weighted by atomic mass is 35.5. The summed E-state index contributed by atoms with van der Waals surface area (Å²) < 4.78 is 18.5. The highest BCUT2D eigenvalue weighted by molar-refractivity contribution is 5.85. The van der Waals surface area contributed by atoms with Gasteiger partial charge in [0.1, 0.15) is 11.6 Å². The molecule has 3 N–H and O–H groups in total. The van der Waals surface area contributed by atoms with Crippen LogP contribution in [0.5, 0.6) is 5.75 Å². The summed E-state index contributed by atoms with van der Waals surface area (Å²) in [6.45, 7) is 1.94. The Morgan fingerprint density at radius 2 is 2.12 bits per heavy atom. The SMILES string of the molecule is CCC[C@H](O)[C@H](N)c1ccc(OC)cc1F.Cl. The molecule has 0 aliphatic carbocycles. The number of aliphatic hydroxyl groups excluding tert-OH is 1. The number of ether oxygens (including phenoxy) is 1. The van der Waals surface area contributed by atoms with Gasteiger partial charge in [-0.25, -0.2) is 4.39 Å². The van der Waals surface area contributed by atoms with Crippen LogP contribution in [0.2, 0.25) is 0 Å². The predicted octanol–water partition coefficient (Wildman–Crippen LogP) is 2.42. The van der Waals surface area contributed by atoms with Gasteiger partial charge >= 0.3 is 0 Å². The van der Waals surface area contributed by atoms with Gasteiger partial charge in [-0.2, -0.15) is 0 Å². The van der Waals surface area contributed by atoms with Crippen molar-refractivity contribution < 1.29 is 14.2 Å². The summed E-state index contributed by atoms with van der Waals surface area (Å²) in [5, 5.41) is 9.70. The Bertz CT molecular complexity index is 349. The summed E-state index contributed by atoms with van der Waals surface area (Å²) in [6.07, 6.45) is 0.659. The highest BCUT2D eigenvalue weighted by Crippen LogP contribution is 2.23. The van der Waals surface area contributed by atoms with E-state index in [1.165, 1.54) is 13.2 Å². The molecule has 0 spiro atoms. The Morgan fingerprint density at radius 1 is 1.47 bits per heavy atom. The van der Waals surface area contributed by atoms with Gasteiger partial charge in [0.2, 0.25) is 0 Å². The zero-order valence-corrected chi connectivity index (χ0v) is 10.8. The molecule has 0 saturated carbocycles. The fourth-order valence-electron chi connectivity index (χ4n) is 1.59. The standard InChI is InChI=1S/C12H18FNO2.ClH/c1-3-4-11(15)12(14)9-6-5-8(16-2)7-10(9)13;/h5-7,11-12,15H,3-4,14H2,1-2H3;1H/t11-,12+;/m0./s1. The number of methoxy groups -OCH3 is 1. The van der Waals surface area contributed by atoms with Crippen LogP contribution < -0.4 is 10.5 Å². The maximum Gasteiger partial charge on any atom is 0.131 e. The van der Waals surface area contributed by atoms with Crippen molar-refractivity contribution in [2.45, 2.75) is 31.9 Å². The van der Waals surface area contributed by atoms with Gasteiger partial charge in [-0.1, -0.05) is 19.4 Å². The molecule has 0 aliphatic heterocycles. The first kappa shape index (κ1) is 16.2. The third-order valence-corrected chi connectivity index (χ3v) is 2.57. The second kappa shape index (κ2) is 7.48. The third-order valence-electron chi connectivity index (χ3n) is 2.57. The molecule has 0 aliphatic rings. The number of benzene rings is 1. The molecule has 3 nitrogen and oxygen atoms in total. The summed E-state index contributed by atoms with van der Waals surface area (Å²) >= 11 is 0. The van der Waals surface area contributed by atoms with E-state index < -0.39 is 18.0 Å². The molecule has 0 amide bonds. The number of halogens is 2. The van der Waals surface area contributed by atoms with Gasteiger partial charge < -0.3 is 15.6 Å². The molecule has 1 aromatic rings. The zero-order valence-electron chi connectivity index (χ0n) is 10.0. The van der Waals surface area contributed by atoms with Crippen molar-refractivity contribution in [2.24, 2.45) is 5.73 Å². The Kier molecular flexibility index (Phi) is 7.11. The molecular formula is C12H19ClFNO2. The highest BCUT2D eigenvalue weighted by Gasteiger charge is 2.19. The lowest BCUT2D eigenvalue weighted by Gasteiger charge is -2.19. The molecule has 0 fully saturated rings. The fraction of sp³-hybridized carbons (Fsp3) is 0.500. The number of aliphatic hydroxyl groups is 1. The first-order valence-electron chi connectivity index (χ1n) is 5.37. The molecular weight excluding hydrogens is 245 g/mol. The molecule has 0 aromatic heterocycles. The van der Waals surface area contributed by atoms with Crippen molar-refractivity contribution in [3.63, 3.8) is 0 Å². The molecule has 1 aromatic carbocycles. The van der Waals surface area contributed by atoms with E-state index in [9.17, 15) is 9.50 Å². The minimum absolute atomic E-state index is 0. The summed E-state index contributed by atoms with van der Waals surface area (Å²) in [6, 6.07) is 3.77. The van der Waals surface area contributed by atoms with E-state index in [0.717, 1.165) is 6.42 Å². The normalized spacial score (nSPS) is 13.7. The number of hydrogen-bond donors (Lipinski definition) is 2. The molecule has 0 saturated heterocycles. The van der Waals surface area contributed by atoms with Gasteiger partial charge in [0.25, 0.3) is 0 Å². The largest absolute Gasteiger partial charge is 0.497 e. The van der Waals surface area contributed by atoms with E-state index in [4.69, 9.17) is 10.5 Å². The second-order valence-corrected chi connectivity index (χ2v) is 3.77. The van der Waals surface area contributed by atoms with Crippen molar-refractivity contribution >= 4 is 12.4 Å². The van der Waals surface area contributed by atoms with Crippen LogP contribution in [0.25, 0.3) is 0 Å². The summed E-state index contributed by atoms with van der Waals surface area (Å²) in [4.78, 5) is 0. The van der Waals surface area contributed by atoms with Crippen LogP contribution >= 0.6 is 12.4 Å². The van der Waals surface area contributed by atoms with Gasteiger partial charge in [-0.3, -0.25) is 0 Å². The number of hydrogen-bond acceptors (Lipinski definition) is 3. The number of nitrogens with two attached hydrogens (primary N) is 1. The topological polar surface area (TPSA) is 55.5 Å². The van der Waals surface area contributed by atoms with Crippen LogP contribution in [-0.2, 0) is 0 Å². The molecule has 0 unspecified atom stereocenters. The minimum Gasteiger partial charge on any atom is -0.497 e. The van der Waals surface area contributed by atoms with E-state index in [2.05, 4.69) is 0 Å². The molecule has 5 heteroatoms. The average molecular weight is 264 g/mol. The predicted molar refractivity (Wildman–Crippen MR) is 68.0 cm³/mol. The van der Waals surface area contributed by atoms with Crippen LogP contribution in [0.15, 0.2) is 18.2 Å². The molecule has 0 heterocycles. The van der Waals surface area contributed by atoms with Gasteiger partial charge in [0, 0.05) is 11.6 Å². The van der Waals surface area contributed by atoms with Crippen LogP contribution in [-0.4, -0.2) is 18.3 Å². The first-order chi connectivity index (χ1) is 7.60. The van der Waals surface area contributed by atoms with E-state index >= 15 is 0 Å². The maximum atomic E-state index is 13.6. The van der Waals surface area contributed by atoms with Gasteiger partial charge in [0.05, 0.1) is 19.3 Å². The lowest BCUT2D eigenvalue weighted by atomic mass is 9.98. The van der Waals surface area contributed by atoms with E-state index in [-0.39, 0.29) is 12.4 Å². The van der Waals surface area contributed by atoms with Crippen LogP contribution in [0.3, 0.4) is 0 Å². The fourth-order valence-corrected chi connectivity index (χ4v) is 1.59. The molecule has 1 rings (SSSR count). The average Bonchev–Trinajstić information content (AvgIpc) is 2.28. The lowest BCUT2D eigenvalue weighted by Crippen LogP contribution is -2.26. The quantitative estimate of drug-likeness (QED) is 0.858. The van der Waals surface area contributed by atoms with Crippen LogP contribution in [0, 0.1) is 5.82 Å². The lowest BCUT2D eigenvalue weighted by molar-refractivity contribution is 0.133. The summed E-state index contributed by atoms with van der Waals surface area (Å²) in [7, 11) is 1.47. The number of rotatable bonds is 5. The van der Waals surface area contributed by atoms with E-state index in [1.54, 1.807) is 12.1 Å².